The van der Waals surface area contributed by atoms with Gasteiger partial charge < -0.3 is 4.98 Å². The van der Waals surface area contributed by atoms with Gasteiger partial charge in [-0.2, -0.15) is 5.10 Å². The summed E-state index contributed by atoms with van der Waals surface area (Å²) < 4.78 is 2.97. The molecule has 6 nitrogen and oxygen atoms in total. The van der Waals surface area contributed by atoms with Crippen molar-refractivity contribution in [2.24, 2.45) is 7.05 Å². The molecule has 0 atom stereocenters. The SMILES string of the molecule is Cc1nn(C)cc1-c1cccc(Cl)c1-c1ccc2c(=O)n(-c3cccc4ccccc34)c(=O)[nH]c2c1. The summed E-state index contributed by atoms with van der Waals surface area (Å²) in [4.78, 5) is 29.7. The zero-order chi connectivity index (χ0) is 25.0. The van der Waals surface area contributed by atoms with Gasteiger partial charge in [0.2, 0.25) is 0 Å². The van der Waals surface area contributed by atoms with E-state index in [4.69, 9.17) is 11.6 Å². The van der Waals surface area contributed by atoms with Crippen molar-refractivity contribution in [3.05, 3.63) is 117 Å². The molecule has 1 N–H and O–H groups in total. The fourth-order valence-corrected chi connectivity index (χ4v) is 5.19. The smallest absolute Gasteiger partial charge is 0.306 e. The van der Waals surface area contributed by atoms with Crippen molar-refractivity contribution in [2.75, 3.05) is 0 Å². The van der Waals surface area contributed by atoms with Gasteiger partial charge in [-0.15, -0.1) is 0 Å². The molecular weight excluding hydrogens is 472 g/mol. The van der Waals surface area contributed by atoms with Gasteiger partial charge in [0.25, 0.3) is 5.56 Å². The fraction of sp³-hybridized carbons (Fsp3) is 0.0690. The van der Waals surface area contributed by atoms with Crippen LogP contribution in [0.5, 0.6) is 0 Å². The second kappa shape index (κ2) is 8.36. The number of aromatic amines is 1. The molecule has 0 saturated carbocycles. The summed E-state index contributed by atoms with van der Waals surface area (Å²) in [5, 5.41) is 7.23. The third kappa shape index (κ3) is 3.46. The molecule has 2 heterocycles. The van der Waals surface area contributed by atoms with Crippen LogP contribution in [-0.4, -0.2) is 19.3 Å². The Morgan fingerprint density at radius 3 is 2.44 bits per heavy atom. The lowest BCUT2D eigenvalue weighted by Gasteiger charge is -2.13. The molecule has 0 aliphatic heterocycles. The predicted octanol–water partition coefficient (Wildman–Crippen LogP) is 5.86. The van der Waals surface area contributed by atoms with Gasteiger partial charge in [-0.05, 0) is 47.7 Å². The maximum Gasteiger partial charge on any atom is 0.333 e. The molecule has 0 radical (unpaired) electrons. The number of rotatable bonds is 3. The van der Waals surface area contributed by atoms with Crippen molar-refractivity contribution in [3.63, 3.8) is 0 Å². The summed E-state index contributed by atoms with van der Waals surface area (Å²) in [5.74, 6) is 0. The molecular formula is C29H21ClN4O2. The lowest BCUT2D eigenvalue weighted by atomic mass is 9.94. The standard InChI is InChI=1S/C29H21ClN4O2/c1-17-23(16-33(2)32-17)21-10-6-11-24(30)27(21)19-13-14-22-25(15-19)31-29(36)34(28(22)35)26-12-5-8-18-7-3-4-9-20(18)26/h3-16H,1-2H3,(H,31,36). The monoisotopic (exact) mass is 492 g/mol. The number of hydrogen-bond donors (Lipinski definition) is 1. The van der Waals surface area contributed by atoms with E-state index in [2.05, 4.69) is 10.1 Å². The summed E-state index contributed by atoms with van der Waals surface area (Å²) in [6.45, 7) is 1.95. The molecule has 2 aromatic heterocycles. The van der Waals surface area contributed by atoms with Gasteiger partial charge >= 0.3 is 5.69 Å². The Morgan fingerprint density at radius 2 is 1.64 bits per heavy atom. The average molecular weight is 493 g/mol. The summed E-state index contributed by atoms with van der Waals surface area (Å²) in [5.41, 5.74) is 4.52. The van der Waals surface area contributed by atoms with Crippen LogP contribution in [0, 0.1) is 6.92 Å². The summed E-state index contributed by atoms with van der Waals surface area (Å²) in [6, 6.07) is 24.4. The Morgan fingerprint density at radius 1 is 0.861 bits per heavy atom. The third-order valence-electron chi connectivity index (χ3n) is 6.51. The van der Waals surface area contributed by atoms with Crippen molar-refractivity contribution < 1.29 is 0 Å². The van der Waals surface area contributed by atoms with Crippen LogP contribution in [0.3, 0.4) is 0 Å². The molecule has 0 saturated heterocycles. The average Bonchev–Trinajstić information content (AvgIpc) is 3.21. The number of nitrogens with zero attached hydrogens (tertiary/aromatic N) is 3. The maximum absolute atomic E-state index is 13.5. The molecule has 0 spiro atoms. The predicted molar refractivity (Wildman–Crippen MR) is 145 cm³/mol. The van der Waals surface area contributed by atoms with E-state index < -0.39 is 5.69 Å². The van der Waals surface area contributed by atoms with E-state index in [0.29, 0.717) is 21.6 Å². The number of H-pyrrole nitrogens is 1. The number of fused-ring (bicyclic) bond motifs is 2. The molecule has 7 heteroatoms. The molecule has 176 valence electrons. The number of aryl methyl sites for hydroxylation is 2. The lowest BCUT2D eigenvalue weighted by Crippen LogP contribution is -2.33. The largest absolute Gasteiger partial charge is 0.333 e. The molecule has 6 rings (SSSR count). The van der Waals surface area contributed by atoms with Crippen LogP contribution in [0.25, 0.3) is 49.6 Å². The van der Waals surface area contributed by atoms with E-state index in [1.165, 1.54) is 4.57 Å². The molecule has 36 heavy (non-hydrogen) atoms. The van der Waals surface area contributed by atoms with Crippen LogP contribution in [0.15, 0.2) is 94.6 Å². The Kier molecular flexibility index (Phi) is 5.12. The summed E-state index contributed by atoms with van der Waals surface area (Å²) in [7, 11) is 1.88. The quantitative estimate of drug-likeness (QED) is 0.336. The first-order valence-electron chi connectivity index (χ1n) is 11.5. The van der Waals surface area contributed by atoms with E-state index in [9.17, 15) is 9.59 Å². The van der Waals surface area contributed by atoms with Gasteiger partial charge in [0, 0.05) is 34.8 Å². The fourth-order valence-electron chi connectivity index (χ4n) is 4.90. The first kappa shape index (κ1) is 22.1. The van der Waals surface area contributed by atoms with Crippen LogP contribution in [0.4, 0.5) is 0 Å². The van der Waals surface area contributed by atoms with Gasteiger partial charge in [0.05, 0.1) is 22.3 Å². The van der Waals surface area contributed by atoms with Gasteiger partial charge in [-0.25, -0.2) is 9.36 Å². The minimum atomic E-state index is -0.497. The Bertz CT molecular complexity index is 1930. The van der Waals surface area contributed by atoms with Gasteiger partial charge in [-0.1, -0.05) is 66.2 Å². The maximum atomic E-state index is 13.5. The van der Waals surface area contributed by atoms with Crippen molar-refractivity contribution >= 4 is 33.3 Å². The van der Waals surface area contributed by atoms with Crippen LogP contribution >= 0.6 is 11.6 Å². The minimum Gasteiger partial charge on any atom is -0.306 e. The number of aromatic nitrogens is 4. The first-order valence-corrected chi connectivity index (χ1v) is 11.9. The van der Waals surface area contributed by atoms with Crippen LogP contribution in [-0.2, 0) is 7.05 Å². The molecule has 0 bridgehead atoms. The number of halogens is 1. The van der Waals surface area contributed by atoms with Crippen molar-refractivity contribution in [3.8, 4) is 27.9 Å². The third-order valence-corrected chi connectivity index (χ3v) is 6.83. The van der Waals surface area contributed by atoms with Gasteiger partial charge in [0.15, 0.2) is 0 Å². The summed E-state index contributed by atoms with van der Waals surface area (Å²) in [6.07, 6.45) is 1.95. The van der Waals surface area contributed by atoms with Crippen molar-refractivity contribution in [1.29, 1.82) is 0 Å². The molecule has 0 unspecified atom stereocenters. The zero-order valence-electron chi connectivity index (χ0n) is 19.6. The Hall–Kier alpha value is -4.42. The van der Waals surface area contributed by atoms with E-state index in [-0.39, 0.29) is 5.56 Å². The number of nitrogens with one attached hydrogen (secondary N) is 1. The second-order valence-corrected chi connectivity index (χ2v) is 9.20. The van der Waals surface area contributed by atoms with Gasteiger partial charge in [-0.3, -0.25) is 9.48 Å². The minimum absolute atomic E-state index is 0.376. The van der Waals surface area contributed by atoms with Gasteiger partial charge in [0.1, 0.15) is 0 Å². The number of benzene rings is 4. The van der Waals surface area contributed by atoms with Crippen LogP contribution in [0.2, 0.25) is 5.02 Å². The normalized spacial score (nSPS) is 11.4. The first-order chi connectivity index (χ1) is 17.4. The van der Waals surface area contributed by atoms with E-state index >= 15 is 0 Å². The molecule has 0 aliphatic carbocycles. The molecule has 0 fully saturated rings. The molecule has 6 aromatic rings. The van der Waals surface area contributed by atoms with E-state index in [1.54, 1.807) is 16.8 Å². The Balaban J connectivity index is 1.57. The Labute approximate surface area is 211 Å². The topological polar surface area (TPSA) is 72.7 Å². The highest BCUT2D eigenvalue weighted by Gasteiger charge is 2.17. The van der Waals surface area contributed by atoms with E-state index in [0.717, 1.165) is 38.7 Å². The highest BCUT2D eigenvalue weighted by Crippen LogP contribution is 2.39. The van der Waals surface area contributed by atoms with Crippen molar-refractivity contribution in [1.82, 2.24) is 19.3 Å². The van der Waals surface area contributed by atoms with Crippen LogP contribution < -0.4 is 11.2 Å². The number of hydrogen-bond acceptors (Lipinski definition) is 3. The molecule has 0 amide bonds. The molecule has 4 aromatic carbocycles. The lowest BCUT2D eigenvalue weighted by molar-refractivity contribution is 0.756. The van der Waals surface area contributed by atoms with Crippen LogP contribution in [0.1, 0.15) is 5.69 Å². The van der Waals surface area contributed by atoms with Crippen molar-refractivity contribution in [2.45, 2.75) is 6.92 Å². The zero-order valence-corrected chi connectivity index (χ0v) is 20.4. The summed E-state index contributed by atoms with van der Waals surface area (Å²) >= 11 is 6.68. The highest BCUT2D eigenvalue weighted by atomic mass is 35.5. The highest BCUT2D eigenvalue weighted by molar-refractivity contribution is 6.34. The molecule has 0 aliphatic rings. The second-order valence-electron chi connectivity index (χ2n) is 8.79. The van der Waals surface area contributed by atoms with E-state index in [1.807, 2.05) is 86.9 Å².